The summed E-state index contributed by atoms with van der Waals surface area (Å²) in [4.78, 5) is 1.27. The van der Waals surface area contributed by atoms with Crippen LogP contribution in [0.25, 0.3) is 0 Å². The van der Waals surface area contributed by atoms with E-state index in [0.717, 1.165) is 22.6 Å². The summed E-state index contributed by atoms with van der Waals surface area (Å²) in [6.07, 6.45) is 0.698. The topological polar surface area (TPSA) is 35.2 Å². The number of nitrogens with two attached hydrogens (primary N) is 1. The molecule has 112 valence electrons. The SMILES string of the molecule is CCSc1ccc(C(N)Cc2cc(Cl)ccc2OC)cc1. The van der Waals surface area contributed by atoms with Gasteiger partial charge in [0.25, 0.3) is 0 Å². The molecule has 0 aliphatic heterocycles. The number of hydrogen-bond donors (Lipinski definition) is 1. The molecule has 4 heteroatoms. The Bertz CT molecular complexity index is 586. The van der Waals surface area contributed by atoms with E-state index >= 15 is 0 Å². The van der Waals surface area contributed by atoms with Gasteiger partial charge in [-0.1, -0.05) is 30.7 Å². The first-order valence-electron chi connectivity index (χ1n) is 6.94. The van der Waals surface area contributed by atoms with Crippen molar-refractivity contribution in [3.63, 3.8) is 0 Å². The molecule has 0 heterocycles. The lowest BCUT2D eigenvalue weighted by Crippen LogP contribution is -2.13. The first kappa shape index (κ1) is 16.2. The van der Waals surface area contributed by atoms with Gasteiger partial charge in [-0.2, -0.15) is 0 Å². The zero-order valence-corrected chi connectivity index (χ0v) is 13.9. The second-order valence-electron chi connectivity index (χ2n) is 4.77. The average molecular weight is 322 g/mol. The minimum absolute atomic E-state index is 0.0713. The van der Waals surface area contributed by atoms with Crippen molar-refractivity contribution in [1.29, 1.82) is 0 Å². The molecular weight excluding hydrogens is 302 g/mol. The summed E-state index contributed by atoms with van der Waals surface area (Å²) in [7, 11) is 1.66. The molecule has 2 aromatic rings. The third-order valence-corrected chi connectivity index (χ3v) is 4.43. The smallest absolute Gasteiger partial charge is 0.122 e. The quantitative estimate of drug-likeness (QED) is 0.783. The van der Waals surface area contributed by atoms with Gasteiger partial charge in [0.2, 0.25) is 0 Å². The van der Waals surface area contributed by atoms with E-state index < -0.39 is 0 Å². The van der Waals surface area contributed by atoms with Crippen LogP contribution in [0.2, 0.25) is 5.02 Å². The van der Waals surface area contributed by atoms with E-state index in [0.29, 0.717) is 11.4 Å². The van der Waals surface area contributed by atoms with Gasteiger partial charge in [-0.05, 0) is 53.6 Å². The molecule has 21 heavy (non-hydrogen) atoms. The molecule has 0 radical (unpaired) electrons. The van der Waals surface area contributed by atoms with Crippen LogP contribution in [0.3, 0.4) is 0 Å². The van der Waals surface area contributed by atoms with Crippen LogP contribution < -0.4 is 10.5 Å². The van der Waals surface area contributed by atoms with Crippen molar-refractivity contribution in [1.82, 2.24) is 0 Å². The number of halogens is 1. The summed E-state index contributed by atoms with van der Waals surface area (Å²) < 4.78 is 5.37. The fourth-order valence-corrected chi connectivity index (χ4v) is 3.10. The van der Waals surface area contributed by atoms with Crippen molar-refractivity contribution in [3.8, 4) is 5.75 Å². The molecule has 0 saturated heterocycles. The third kappa shape index (κ3) is 4.40. The summed E-state index contributed by atoms with van der Waals surface area (Å²) >= 11 is 7.89. The molecule has 0 aliphatic rings. The Morgan fingerprint density at radius 2 is 1.90 bits per heavy atom. The van der Waals surface area contributed by atoms with Crippen LogP contribution in [-0.4, -0.2) is 12.9 Å². The Labute approximate surface area is 135 Å². The molecule has 0 aromatic heterocycles. The van der Waals surface area contributed by atoms with E-state index in [1.54, 1.807) is 7.11 Å². The predicted octanol–water partition coefficient (Wildman–Crippen LogP) is 4.70. The summed E-state index contributed by atoms with van der Waals surface area (Å²) in [6, 6.07) is 14.0. The largest absolute Gasteiger partial charge is 0.496 e. The summed E-state index contributed by atoms with van der Waals surface area (Å²) in [6.45, 7) is 2.15. The van der Waals surface area contributed by atoms with Gasteiger partial charge in [0, 0.05) is 16.0 Å². The molecule has 0 saturated carbocycles. The number of hydrogen-bond acceptors (Lipinski definition) is 3. The van der Waals surface area contributed by atoms with Gasteiger partial charge in [0.15, 0.2) is 0 Å². The molecule has 2 aromatic carbocycles. The summed E-state index contributed by atoms with van der Waals surface area (Å²) in [5.41, 5.74) is 8.47. The second-order valence-corrected chi connectivity index (χ2v) is 6.54. The molecule has 1 unspecified atom stereocenters. The Hall–Kier alpha value is -1.16. The van der Waals surface area contributed by atoms with Gasteiger partial charge in [-0.3, -0.25) is 0 Å². The maximum atomic E-state index is 6.32. The number of ether oxygens (including phenoxy) is 1. The molecule has 0 spiro atoms. The van der Waals surface area contributed by atoms with E-state index in [9.17, 15) is 0 Å². The van der Waals surface area contributed by atoms with Crippen LogP contribution in [0.15, 0.2) is 47.4 Å². The Balaban J connectivity index is 2.13. The molecule has 0 amide bonds. The lowest BCUT2D eigenvalue weighted by atomic mass is 9.99. The molecule has 1 atom stereocenters. The van der Waals surface area contributed by atoms with Gasteiger partial charge in [0.1, 0.15) is 5.75 Å². The molecule has 2 N–H and O–H groups in total. The van der Waals surface area contributed by atoms with E-state index in [1.165, 1.54) is 4.90 Å². The number of methoxy groups -OCH3 is 1. The van der Waals surface area contributed by atoms with Crippen LogP contribution in [0, 0.1) is 0 Å². The number of thioether (sulfide) groups is 1. The lowest BCUT2D eigenvalue weighted by molar-refractivity contribution is 0.408. The Morgan fingerprint density at radius 3 is 2.52 bits per heavy atom. The first-order valence-corrected chi connectivity index (χ1v) is 8.31. The fourth-order valence-electron chi connectivity index (χ4n) is 2.24. The molecule has 2 rings (SSSR count). The second kappa shape index (κ2) is 7.74. The number of benzene rings is 2. The van der Waals surface area contributed by atoms with Crippen LogP contribution in [0.1, 0.15) is 24.1 Å². The summed E-state index contributed by atoms with van der Waals surface area (Å²) in [5, 5.41) is 0.702. The highest BCUT2D eigenvalue weighted by Gasteiger charge is 2.11. The minimum Gasteiger partial charge on any atom is -0.496 e. The highest BCUT2D eigenvalue weighted by molar-refractivity contribution is 7.99. The van der Waals surface area contributed by atoms with Crippen molar-refractivity contribution in [2.24, 2.45) is 5.73 Å². The van der Waals surface area contributed by atoms with Gasteiger partial charge in [-0.25, -0.2) is 0 Å². The highest BCUT2D eigenvalue weighted by atomic mass is 35.5. The van der Waals surface area contributed by atoms with Crippen LogP contribution in [0.5, 0.6) is 5.75 Å². The maximum Gasteiger partial charge on any atom is 0.122 e. The highest BCUT2D eigenvalue weighted by Crippen LogP contribution is 2.27. The van der Waals surface area contributed by atoms with Crippen molar-refractivity contribution in [2.75, 3.05) is 12.9 Å². The standard InChI is InChI=1S/C17H20ClNOS/c1-3-21-15-7-4-12(5-8-15)16(19)11-13-10-14(18)6-9-17(13)20-2/h4-10,16H,3,11,19H2,1-2H3. The van der Waals surface area contributed by atoms with Crippen molar-refractivity contribution < 1.29 is 4.74 Å². The van der Waals surface area contributed by atoms with Gasteiger partial charge < -0.3 is 10.5 Å². The summed E-state index contributed by atoms with van der Waals surface area (Å²) in [5.74, 6) is 1.90. The van der Waals surface area contributed by atoms with Gasteiger partial charge >= 0.3 is 0 Å². The van der Waals surface area contributed by atoms with Crippen LogP contribution in [-0.2, 0) is 6.42 Å². The monoisotopic (exact) mass is 321 g/mol. The van der Waals surface area contributed by atoms with E-state index in [2.05, 4.69) is 31.2 Å². The molecule has 0 fully saturated rings. The zero-order chi connectivity index (χ0) is 15.2. The predicted molar refractivity (Wildman–Crippen MR) is 91.5 cm³/mol. The van der Waals surface area contributed by atoms with Gasteiger partial charge in [0.05, 0.1) is 7.11 Å². The zero-order valence-electron chi connectivity index (χ0n) is 12.3. The van der Waals surface area contributed by atoms with Crippen LogP contribution >= 0.6 is 23.4 Å². The van der Waals surface area contributed by atoms with Crippen LogP contribution in [0.4, 0.5) is 0 Å². The number of rotatable bonds is 6. The van der Waals surface area contributed by atoms with E-state index in [-0.39, 0.29) is 6.04 Å². The average Bonchev–Trinajstić information content (AvgIpc) is 2.48. The third-order valence-electron chi connectivity index (χ3n) is 3.30. The fraction of sp³-hybridized carbons (Fsp3) is 0.294. The molecule has 2 nitrogen and oxygen atoms in total. The first-order chi connectivity index (χ1) is 10.1. The van der Waals surface area contributed by atoms with Crippen molar-refractivity contribution in [2.45, 2.75) is 24.3 Å². The van der Waals surface area contributed by atoms with Crippen molar-refractivity contribution in [3.05, 3.63) is 58.6 Å². The van der Waals surface area contributed by atoms with E-state index in [1.807, 2.05) is 30.0 Å². The maximum absolute atomic E-state index is 6.32. The molecule has 0 aliphatic carbocycles. The van der Waals surface area contributed by atoms with Crippen molar-refractivity contribution >= 4 is 23.4 Å². The molecule has 0 bridgehead atoms. The Morgan fingerprint density at radius 1 is 1.19 bits per heavy atom. The molecular formula is C17H20ClNOS. The lowest BCUT2D eigenvalue weighted by Gasteiger charge is -2.15. The van der Waals surface area contributed by atoms with E-state index in [4.69, 9.17) is 22.1 Å². The normalized spacial score (nSPS) is 12.2. The van der Waals surface area contributed by atoms with Gasteiger partial charge in [-0.15, -0.1) is 11.8 Å². The Kier molecular flexibility index (Phi) is 5.97. The minimum atomic E-state index is -0.0713.